The molecule has 15 heavy (non-hydrogen) atoms. The first-order chi connectivity index (χ1) is 7.31. The molecule has 0 heterocycles. The number of ether oxygens (including phenoxy) is 3. The average Bonchev–Trinajstić information content (AvgIpc) is 2.26. The molecule has 0 radical (unpaired) electrons. The van der Waals surface area contributed by atoms with E-state index in [1.807, 2.05) is 11.8 Å². The van der Waals surface area contributed by atoms with Gasteiger partial charge in [-0.25, -0.2) is 0 Å². The maximum Gasteiger partial charge on any atom is 0.0701 e. The van der Waals surface area contributed by atoms with E-state index in [9.17, 15) is 0 Å². The molecule has 0 aliphatic carbocycles. The molecular formula is C10H21ClO3S. The van der Waals surface area contributed by atoms with Crippen LogP contribution in [-0.4, -0.2) is 57.0 Å². The second-order valence-electron chi connectivity index (χ2n) is 3.05. The highest BCUT2D eigenvalue weighted by Crippen LogP contribution is 2.10. The molecule has 92 valence electrons. The number of halogens is 1. The number of thioether (sulfide) groups is 1. The van der Waals surface area contributed by atoms with Crippen molar-refractivity contribution in [2.24, 2.45) is 0 Å². The van der Waals surface area contributed by atoms with Crippen molar-refractivity contribution in [3.8, 4) is 0 Å². The first-order valence-electron chi connectivity index (χ1n) is 5.13. The van der Waals surface area contributed by atoms with Gasteiger partial charge in [-0.1, -0.05) is 6.92 Å². The Bertz CT molecular complexity index is 127. The van der Waals surface area contributed by atoms with E-state index in [2.05, 4.69) is 6.92 Å². The van der Waals surface area contributed by atoms with Gasteiger partial charge in [-0.3, -0.25) is 0 Å². The lowest BCUT2D eigenvalue weighted by Crippen LogP contribution is -2.10. The average molecular weight is 257 g/mol. The fraction of sp³-hybridized carbons (Fsp3) is 1.00. The molecule has 0 rings (SSSR count). The molecule has 0 spiro atoms. The zero-order valence-electron chi connectivity index (χ0n) is 9.54. The smallest absolute Gasteiger partial charge is 0.0701 e. The molecule has 1 atom stereocenters. The van der Waals surface area contributed by atoms with Gasteiger partial charge in [0.05, 0.1) is 33.0 Å². The van der Waals surface area contributed by atoms with Crippen molar-refractivity contribution in [1.29, 1.82) is 0 Å². The van der Waals surface area contributed by atoms with Crippen molar-refractivity contribution in [1.82, 2.24) is 0 Å². The van der Waals surface area contributed by atoms with Crippen LogP contribution < -0.4 is 0 Å². The van der Waals surface area contributed by atoms with Crippen LogP contribution in [0, 0.1) is 0 Å². The van der Waals surface area contributed by atoms with E-state index in [0.717, 1.165) is 12.4 Å². The fourth-order valence-electron chi connectivity index (χ4n) is 0.817. The standard InChI is InChI=1S/C10H21ClO3S/c1-10(9-11)15-8-7-14-6-5-13-4-3-12-2/h10H,3-9H2,1-2H3. The minimum absolute atomic E-state index is 0.508. The lowest BCUT2D eigenvalue weighted by Gasteiger charge is -2.08. The maximum absolute atomic E-state index is 5.67. The molecule has 0 saturated heterocycles. The number of hydrogen-bond donors (Lipinski definition) is 0. The quantitative estimate of drug-likeness (QED) is 0.418. The minimum Gasteiger partial charge on any atom is -0.382 e. The van der Waals surface area contributed by atoms with Crippen LogP contribution in [0.15, 0.2) is 0 Å². The summed E-state index contributed by atoms with van der Waals surface area (Å²) in [6, 6.07) is 0. The van der Waals surface area contributed by atoms with Crippen molar-refractivity contribution in [2.45, 2.75) is 12.2 Å². The Morgan fingerprint density at radius 1 is 1.07 bits per heavy atom. The van der Waals surface area contributed by atoms with Crippen LogP contribution in [0.2, 0.25) is 0 Å². The zero-order valence-corrected chi connectivity index (χ0v) is 11.1. The van der Waals surface area contributed by atoms with E-state index < -0.39 is 0 Å². The molecule has 1 unspecified atom stereocenters. The summed E-state index contributed by atoms with van der Waals surface area (Å²) in [7, 11) is 1.66. The third-order valence-electron chi connectivity index (χ3n) is 1.65. The molecule has 0 amide bonds. The second-order valence-corrected chi connectivity index (χ2v) is 4.91. The molecule has 0 saturated carbocycles. The van der Waals surface area contributed by atoms with Gasteiger partial charge in [0, 0.05) is 24.0 Å². The van der Waals surface area contributed by atoms with Gasteiger partial charge in [0.2, 0.25) is 0 Å². The van der Waals surface area contributed by atoms with Crippen LogP contribution in [0.1, 0.15) is 6.92 Å². The predicted molar refractivity (Wildman–Crippen MR) is 66.2 cm³/mol. The molecule has 0 aromatic carbocycles. The molecular weight excluding hydrogens is 236 g/mol. The largest absolute Gasteiger partial charge is 0.382 e. The number of rotatable bonds is 11. The summed E-state index contributed by atoms with van der Waals surface area (Å²) in [6.45, 7) is 5.45. The highest BCUT2D eigenvalue weighted by molar-refractivity contribution is 7.99. The van der Waals surface area contributed by atoms with E-state index >= 15 is 0 Å². The maximum atomic E-state index is 5.67. The minimum atomic E-state index is 0.508. The number of alkyl halides is 1. The van der Waals surface area contributed by atoms with Crippen LogP contribution in [-0.2, 0) is 14.2 Å². The van der Waals surface area contributed by atoms with Gasteiger partial charge >= 0.3 is 0 Å². The van der Waals surface area contributed by atoms with Crippen molar-refractivity contribution in [3.63, 3.8) is 0 Å². The van der Waals surface area contributed by atoms with E-state index in [1.54, 1.807) is 7.11 Å². The Kier molecular flexibility index (Phi) is 13.0. The molecule has 3 nitrogen and oxygen atoms in total. The van der Waals surface area contributed by atoms with E-state index in [1.165, 1.54) is 0 Å². The molecule has 0 fully saturated rings. The van der Waals surface area contributed by atoms with Crippen molar-refractivity contribution in [2.75, 3.05) is 51.8 Å². The molecule has 5 heteroatoms. The fourth-order valence-corrected chi connectivity index (χ4v) is 1.79. The monoisotopic (exact) mass is 256 g/mol. The Balaban J connectivity index is 2.92. The van der Waals surface area contributed by atoms with Crippen molar-refractivity contribution >= 4 is 23.4 Å². The van der Waals surface area contributed by atoms with Gasteiger partial charge in [-0.2, -0.15) is 11.8 Å². The number of hydrogen-bond acceptors (Lipinski definition) is 4. The Morgan fingerprint density at radius 2 is 1.67 bits per heavy atom. The van der Waals surface area contributed by atoms with Crippen molar-refractivity contribution < 1.29 is 14.2 Å². The van der Waals surface area contributed by atoms with Gasteiger partial charge in [-0.05, 0) is 0 Å². The topological polar surface area (TPSA) is 27.7 Å². The molecule has 0 aromatic heterocycles. The lowest BCUT2D eigenvalue weighted by atomic mass is 10.6. The highest BCUT2D eigenvalue weighted by atomic mass is 35.5. The lowest BCUT2D eigenvalue weighted by molar-refractivity contribution is 0.0286. The summed E-state index contributed by atoms with van der Waals surface area (Å²) in [5, 5.41) is 0.508. The molecule has 0 N–H and O–H groups in total. The molecule has 0 bridgehead atoms. The first-order valence-corrected chi connectivity index (χ1v) is 6.71. The summed E-state index contributed by atoms with van der Waals surface area (Å²) in [5.41, 5.74) is 0. The Morgan fingerprint density at radius 3 is 2.27 bits per heavy atom. The van der Waals surface area contributed by atoms with Gasteiger partial charge in [0.1, 0.15) is 0 Å². The third-order valence-corrected chi connectivity index (χ3v) is 3.44. The van der Waals surface area contributed by atoms with E-state index in [-0.39, 0.29) is 0 Å². The third kappa shape index (κ3) is 12.5. The number of methoxy groups -OCH3 is 1. The van der Waals surface area contributed by atoms with Gasteiger partial charge in [0.25, 0.3) is 0 Å². The summed E-state index contributed by atoms with van der Waals surface area (Å²) in [6.07, 6.45) is 0. The van der Waals surface area contributed by atoms with E-state index in [0.29, 0.717) is 37.6 Å². The summed E-state index contributed by atoms with van der Waals surface area (Å²) in [4.78, 5) is 0. The van der Waals surface area contributed by atoms with Crippen LogP contribution in [0.25, 0.3) is 0 Å². The SMILES string of the molecule is COCCOCCOCCSC(C)CCl. The molecule has 0 aromatic rings. The van der Waals surface area contributed by atoms with Crippen LogP contribution in [0.4, 0.5) is 0 Å². The zero-order chi connectivity index (χ0) is 11.4. The summed E-state index contributed by atoms with van der Waals surface area (Å²) in [5.74, 6) is 1.69. The Hall–Kier alpha value is 0.520. The summed E-state index contributed by atoms with van der Waals surface area (Å²) >= 11 is 7.50. The summed E-state index contributed by atoms with van der Waals surface area (Å²) < 4.78 is 15.5. The van der Waals surface area contributed by atoms with Crippen LogP contribution in [0.3, 0.4) is 0 Å². The normalized spacial score (nSPS) is 13.0. The predicted octanol–water partition coefficient (Wildman–Crippen LogP) is 2.03. The van der Waals surface area contributed by atoms with E-state index in [4.69, 9.17) is 25.8 Å². The van der Waals surface area contributed by atoms with Crippen LogP contribution in [0.5, 0.6) is 0 Å². The van der Waals surface area contributed by atoms with Crippen molar-refractivity contribution in [3.05, 3.63) is 0 Å². The van der Waals surface area contributed by atoms with Crippen LogP contribution >= 0.6 is 23.4 Å². The molecule has 0 aliphatic rings. The Labute approximate surface area is 102 Å². The van der Waals surface area contributed by atoms with Gasteiger partial charge in [0.15, 0.2) is 0 Å². The highest BCUT2D eigenvalue weighted by Gasteiger charge is 1.99. The molecule has 0 aliphatic heterocycles. The van der Waals surface area contributed by atoms with Gasteiger partial charge < -0.3 is 14.2 Å². The first kappa shape index (κ1) is 15.5. The second kappa shape index (κ2) is 12.6. The van der Waals surface area contributed by atoms with Gasteiger partial charge in [-0.15, -0.1) is 11.6 Å².